The van der Waals surface area contributed by atoms with Gasteiger partial charge < -0.3 is 42.1 Å². The molecule has 0 spiro atoms. The van der Waals surface area contributed by atoms with E-state index in [1.165, 1.54) is 17.2 Å². The molecule has 0 saturated heterocycles. The fourth-order valence-electron chi connectivity index (χ4n) is 16.7. The third-order valence-corrected chi connectivity index (χ3v) is 22.2. The highest BCUT2D eigenvalue weighted by molar-refractivity contribution is 6.34. The molecule has 19 heteroatoms. The summed E-state index contributed by atoms with van der Waals surface area (Å²) in [6, 6.07) is 76.8. The van der Waals surface area contributed by atoms with Gasteiger partial charge in [0, 0.05) is 104 Å². The molecule has 121 heavy (non-hydrogen) atoms. The highest BCUT2D eigenvalue weighted by atomic mass is 16.3. The number of phenols is 1. The summed E-state index contributed by atoms with van der Waals surface area (Å²) in [4.78, 5) is 139. The Morgan fingerprint density at radius 2 is 0.587 bits per heavy atom. The number of ketones is 6. The van der Waals surface area contributed by atoms with Crippen molar-refractivity contribution in [2.45, 2.75) is 55.9 Å². The van der Waals surface area contributed by atoms with E-state index in [1.54, 1.807) is 164 Å². The van der Waals surface area contributed by atoms with Gasteiger partial charge in [0.2, 0.25) is 0 Å². The molecule has 0 bridgehead atoms. The normalized spacial score (nSPS) is 12.1. The summed E-state index contributed by atoms with van der Waals surface area (Å²) in [6.07, 6.45) is 0. The van der Waals surface area contributed by atoms with Crippen molar-refractivity contribution in [3.8, 4) is 5.75 Å². The van der Waals surface area contributed by atoms with Crippen LogP contribution in [0.2, 0.25) is 0 Å². The van der Waals surface area contributed by atoms with Crippen LogP contribution in [0.5, 0.6) is 5.75 Å². The first-order chi connectivity index (χ1) is 57.4. The number of benzene rings is 16. The molecule has 3 aliphatic rings. The molecule has 1 heterocycles. The van der Waals surface area contributed by atoms with Crippen LogP contribution in [0.4, 0.5) is 51.2 Å². The maximum atomic E-state index is 13.9. The number of nitrogens with one attached hydrogen (secondary N) is 6. The molecule has 0 amide bonds. The average molecular weight is 1590 g/mol. The monoisotopic (exact) mass is 1590 g/mol. The molecule has 1 aromatic heterocycles. The number of nitrogens with two attached hydrogens (primary N) is 1. The molecule has 0 fully saturated rings. The van der Waals surface area contributed by atoms with Crippen molar-refractivity contribution in [1.82, 2.24) is 9.97 Å². The SMILES string of the molecule is C.Cc1cc(C)c(Nc2ccc(Nc3c(C)cc(C)cc3C)c3c2C(=O)c2ccccc2C3=O)c(C)c1.Cc1ccc(Nc2ccc(O)c3c2C(=O)c2ccccc2C3=O)cc1.Nc1ccc(Nc2ccccc2)c2c1C(=O)c1ccccc1C2=O.O=c1c2ccccc2c(=O)c2c1ccc1[nH]c3c(ccc4c(=O)c5ccccc5c(=O)c43)[nH]c12.[2HH].[B]. The summed E-state index contributed by atoms with van der Waals surface area (Å²) >= 11 is 0. The minimum atomic E-state index is -0.338. The van der Waals surface area contributed by atoms with E-state index >= 15 is 0 Å². The first kappa shape index (κ1) is 80.4. The predicted octanol–water partition coefficient (Wildman–Crippen LogP) is 20.4. The third-order valence-electron chi connectivity index (χ3n) is 22.2. The van der Waals surface area contributed by atoms with E-state index in [0.29, 0.717) is 144 Å². The first-order valence-electron chi connectivity index (χ1n) is 38.5. The smallest absolute Gasteiger partial charge is 0.198 e. The van der Waals surface area contributed by atoms with E-state index in [2.05, 4.69) is 97.0 Å². The van der Waals surface area contributed by atoms with Gasteiger partial charge in [0.15, 0.2) is 56.4 Å². The predicted molar refractivity (Wildman–Crippen MR) is 488 cm³/mol. The Morgan fingerprint density at radius 3 is 0.975 bits per heavy atom. The van der Waals surface area contributed by atoms with E-state index in [-0.39, 0.29) is 96.1 Å². The largest absolute Gasteiger partial charge is 0.507 e. The van der Waals surface area contributed by atoms with Crippen LogP contribution in [0.3, 0.4) is 0 Å². The van der Waals surface area contributed by atoms with Crippen molar-refractivity contribution in [2.75, 3.05) is 27.0 Å². The zero-order chi connectivity index (χ0) is 83.1. The molecule has 16 aromatic carbocycles. The van der Waals surface area contributed by atoms with Crippen molar-refractivity contribution in [3.05, 3.63) is 407 Å². The number of aromatic nitrogens is 2. The maximum absolute atomic E-state index is 13.9. The molecule has 0 atom stereocenters. The van der Waals surface area contributed by atoms with Crippen molar-refractivity contribution in [1.29, 1.82) is 0 Å². The Balaban J connectivity index is 0.000000134. The lowest BCUT2D eigenvalue weighted by Gasteiger charge is -2.25. The number of hydrogen-bond donors (Lipinski definition) is 8. The van der Waals surface area contributed by atoms with Gasteiger partial charge in [-0.1, -0.05) is 200 Å². The number of anilines is 9. The molecule has 0 aliphatic heterocycles. The Kier molecular flexibility index (Phi) is 21.3. The van der Waals surface area contributed by atoms with Gasteiger partial charge in [0.05, 0.1) is 89.0 Å². The number of aryl methyl sites for hydroxylation is 7. The number of phenolic OH excluding ortho intramolecular Hbond substituents is 1. The molecular formula is C102H79BN7O11. The Labute approximate surface area is 696 Å². The molecule has 3 radical (unpaired) electrons. The van der Waals surface area contributed by atoms with E-state index in [9.17, 15) is 53.1 Å². The summed E-state index contributed by atoms with van der Waals surface area (Å²) in [7, 11) is 0. The number of hydrogen-bond acceptors (Lipinski definition) is 16. The van der Waals surface area contributed by atoms with Crippen LogP contribution in [-0.4, -0.2) is 58.2 Å². The number of rotatable bonds is 8. The quantitative estimate of drug-likeness (QED) is 0.0231. The third kappa shape index (κ3) is 14.1. The zero-order valence-electron chi connectivity index (χ0n) is 66.0. The van der Waals surface area contributed by atoms with Gasteiger partial charge in [0.25, 0.3) is 0 Å². The van der Waals surface area contributed by atoms with Crippen molar-refractivity contribution in [3.63, 3.8) is 0 Å². The van der Waals surface area contributed by atoms with Crippen LogP contribution in [0.15, 0.2) is 280 Å². The first-order valence-corrected chi connectivity index (χ1v) is 38.5. The number of fused-ring (bicyclic) bond motifs is 14. The summed E-state index contributed by atoms with van der Waals surface area (Å²) in [5.74, 6) is -1.49. The topological polar surface area (TPSA) is 297 Å². The van der Waals surface area contributed by atoms with E-state index < -0.39 is 0 Å². The fraction of sp³-hybridized carbons (Fsp3) is 0.0784. The van der Waals surface area contributed by atoms with Crippen LogP contribution in [-0.2, 0) is 0 Å². The summed E-state index contributed by atoms with van der Waals surface area (Å²) in [6.45, 7) is 14.3. The minimum Gasteiger partial charge on any atom is -0.507 e. The zero-order valence-corrected chi connectivity index (χ0v) is 66.0. The molecule has 9 N–H and O–H groups in total. The number of nitrogen functional groups attached to an aromatic ring is 1. The number of carbonyl (C=O) groups is 6. The minimum absolute atomic E-state index is 0. The highest BCUT2D eigenvalue weighted by Gasteiger charge is 2.38. The lowest BCUT2D eigenvalue weighted by molar-refractivity contribution is 0.0977. The van der Waals surface area contributed by atoms with Crippen molar-refractivity contribution in [2.24, 2.45) is 0 Å². The maximum Gasteiger partial charge on any atom is 0.198 e. The van der Waals surface area contributed by atoms with Crippen LogP contribution < -0.4 is 48.7 Å². The van der Waals surface area contributed by atoms with Gasteiger partial charge in [-0.15, -0.1) is 0 Å². The van der Waals surface area contributed by atoms with Crippen LogP contribution in [0.1, 0.15) is 143 Å². The molecule has 591 valence electrons. The Bertz CT molecular complexity index is 7270. The van der Waals surface area contributed by atoms with Gasteiger partial charge in [-0.05, 0) is 156 Å². The number of aromatic amines is 2. The molecule has 17 aromatic rings. The van der Waals surface area contributed by atoms with Crippen LogP contribution in [0, 0.1) is 48.5 Å². The second-order valence-electron chi connectivity index (χ2n) is 30.1. The van der Waals surface area contributed by atoms with E-state index in [1.807, 2.05) is 73.7 Å². The number of carbonyl (C=O) groups excluding carboxylic acids is 6. The second kappa shape index (κ2) is 32.0. The van der Waals surface area contributed by atoms with Crippen molar-refractivity contribution < 1.29 is 35.3 Å². The van der Waals surface area contributed by atoms with Gasteiger partial charge >= 0.3 is 0 Å². The number of para-hydroxylation sites is 1. The molecule has 0 unspecified atom stereocenters. The van der Waals surface area contributed by atoms with Gasteiger partial charge in [-0.2, -0.15) is 0 Å². The fourth-order valence-corrected chi connectivity index (χ4v) is 16.7. The molecule has 0 saturated carbocycles. The van der Waals surface area contributed by atoms with E-state index in [0.717, 1.165) is 50.6 Å². The summed E-state index contributed by atoms with van der Waals surface area (Å²) < 4.78 is 0. The molecule has 20 rings (SSSR count). The number of aromatic hydroxyl groups is 1. The molecule has 3 aliphatic carbocycles. The molecule has 18 nitrogen and oxygen atoms in total. The molecular weight excluding hydrogens is 1510 g/mol. The van der Waals surface area contributed by atoms with Gasteiger partial charge in [-0.3, -0.25) is 47.9 Å². The van der Waals surface area contributed by atoms with Gasteiger partial charge in [-0.25, -0.2) is 0 Å². The van der Waals surface area contributed by atoms with E-state index in [4.69, 9.17) is 5.73 Å². The lowest BCUT2D eigenvalue weighted by atomic mass is 9.82. The number of H-pyrrole nitrogens is 2. The second-order valence-corrected chi connectivity index (χ2v) is 30.1. The highest BCUT2D eigenvalue weighted by Crippen LogP contribution is 2.43. The van der Waals surface area contributed by atoms with Crippen LogP contribution in [0.25, 0.3) is 65.2 Å². The summed E-state index contributed by atoms with van der Waals surface area (Å²) in [5.41, 5.74) is 25.3. The lowest BCUT2D eigenvalue weighted by Crippen LogP contribution is -2.23. The van der Waals surface area contributed by atoms with Crippen molar-refractivity contribution >= 4 is 159 Å². The Hall–Kier alpha value is -15.8. The standard InChI is InChI=1S/C32H30N2O2.C28H14N2O4.C21H15NO3.C20H14N2O2.CH4.B.H2/c1-17-13-19(3)29(20(4)14-17)33-25-11-12-26(34-30-21(5)15-18(2)16-22(30)6)28-27(25)31(35)23-9-7-8-10-24(23)32(28)36;31-25-13-5-1-3-7-15(13)27(33)21-17(25)9-11-19-23(21)29-20-12-10-18-22(24(20)30-19)28(34)16-8-4-2-6-14(16)26(18)32;1-12-6-8-13(9-7-12)22-16-10-11-17(23)19-18(16)20(24)14-4-2-3-5-15(14)21(19)25;21-15-10-11-16(22-12-6-2-1-3-7-12)18-17(15)19(23)13-8-4-5-9-14(13)20(18)24;;;/h7-16,33-34H,1-6H3;1-12,29-30H;2-11,22-23H,1H3;1-11,22H,21H2;1H4;;1H/i;;;;;;1+1. The Morgan fingerprint density at radius 1 is 0.289 bits per heavy atom. The average Bonchev–Trinajstić information content (AvgIpc) is 0.717. The summed E-state index contributed by atoms with van der Waals surface area (Å²) in [5, 5.41) is 26.4. The van der Waals surface area contributed by atoms with Crippen LogP contribution >= 0.6 is 0 Å². The van der Waals surface area contributed by atoms with Gasteiger partial charge in [0.1, 0.15) is 5.75 Å².